The number of carbonyl (C=O) groups excluding carboxylic acids is 1. The molecule has 3 aromatic rings. The number of halogens is 2. The third-order valence-electron chi connectivity index (χ3n) is 5.80. The Morgan fingerprint density at radius 2 is 1.80 bits per heavy atom. The fraction of sp³-hybridized carbons (Fsp3) is 0.360. The Labute approximate surface area is 203 Å². The molecule has 10 heteroatoms. The quantitative estimate of drug-likeness (QED) is 0.469. The predicted molar refractivity (Wildman–Crippen MR) is 127 cm³/mol. The number of carbonyl (C=O) groups is 1. The first-order valence-electron chi connectivity index (χ1n) is 11.5. The van der Waals surface area contributed by atoms with Gasteiger partial charge in [-0.1, -0.05) is 0 Å². The van der Waals surface area contributed by atoms with Crippen LogP contribution in [0.3, 0.4) is 0 Å². The van der Waals surface area contributed by atoms with Crippen LogP contribution >= 0.6 is 0 Å². The van der Waals surface area contributed by atoms with Gasteiger partial charge in [0.15, 0.2) is 5.82 Å². The lowest BCUT2D eigenvalue weighted by Gasteiger charge is -2.32. The second kappa shape index (κ2) is 11.8. The molecule has 0 unspecified atom stereocenters. The second-order valence-corrected chi connectivity index (χ2v) is 8.49. The molecule has 1 aromatic carbocycles. The van der Waals surface area contributed by atoms with Gasteiger partial charge in [-0.15, -0.1) is 0 Å². The average Bonchev–Trinajstić information content (AvgIpc) is 2.85. The standard InChI is InChI=1S/C25H28F2N6O2/c1-32-6-8-33(9-7-32)10-11-35-20-2-3-21(22(26)14-20)25-30-16-19(17-31-25)13-24(34)29-15-18-4-5-28-23(27)12-18/h2-5,12,14,16-17H,6-11,13,15H2,1H3,(H,29,34). The van der Waals surface area contributed by atoms with Crippen molar-refractivity contribution in [3.8, 4) is 17.1 Å². The van der Waals surface area contributed by atoms with Gasteiger partial charge in [0.1, 0.15) is 18.2 Å². The van der Waals surface area contributed by atoms with E-state index >= 15 is 0 Å². The average molecular weight is 483 g/mol. The summed E-state index contributed by atoms with van der Waals surface area (Å²) < 4.78 is 33.5. The molecule has 1 aliphatic heterocycles. The van der Waals surface area contributed by atoms with Crippen molar-refractivity contribution < 1.29 is 18.3 Å². The summed E-state index contributed by atoms with van der Waals surface area (Å²) in [5.41, 5.74) is 1.45. The van der Waals surface area contributed by atoms with Crippen molar-refractivity contribution in [1.82, 2.24) is 30.1 Å². The summed E-state index contributed by atoms with van der Waals surface area (Å²) >= 11 is 0. The maximum absolute atomic E-state index is 14.7. The lowest BCUT2D eigenvalue weighted by Crippen LogP contribution is -2.45. The molecule has 1 saturated heterocycles. The Hall–Kier alpha value is -3.50. The van der Waals surface area contributed by atoms with E-state index in [9.17, 15) is 13.6 Å². The van der Waals surface area contributed by atoms with Crippen molar-refractivity contribution >= 4 is 5.91 Å². The van der Waals surface area contributed by atoms with E-state index in [1.807, 2.05) is 0 Å². The number of ether oxygens (including phenoxy) is 1. The first-order valence-corrected chi connectivity index (χ1v) is 11.5. The number of hydrogen-bond donors (Lipinski definition) is 1. The first-order chi connectivity index (χ1) is 17.0. The highest BCUT2D eigenvalue weighted by Crippen LogP contribution is 2.23. The highest BCUT2D eigenvalue weighted by molar-refractivity contribution is 5.78. The zero-order valence-electron chi connectivity index (χ0n) is 19.6. The van der Waals surface area contributed by atoms with Crippen LogP contribution in [0, 0.1) is 11.8 Å². The SMILES string of the molecule is CN1CCN(CCOc2ccc(-c3ncc(CC(=O)NCc4ccnc(F)c4)cn3)c(F)c2)CC1. The minimum absolute atomic E-state index is 0.0520. The van der Waals surface area contributed by atoms with Crippen LogP contribution in [0.2, 0.25) is 0 Å². The molecule has 0 bridgehead atoms. The normalized spacial score (nSPS) is 14.6. The van der Waals surface area contributed by atoms with Crippen molar-refractivity contribution in [3.05, 3.63) is 71.8 Å². The minimum Gasteiger partial charge on any atom is -0.492 e. The molecule has 3 heterocycles. The zero-order valence-corrected chi connectivity index (χ0v) is 19.6. The van der Waals surface area contributed by atoms with Crippen molar-refractivity contribution in [2.45, 2.75) is 13.0 Å². The Kier molecular flexibility index (Phi) is 8.27. The minimum atomic E-state index is -0.599. The zero-order chi connectivity index (χ0) is 24.6. The molecule has 8 nitrogen and oxygen atoms in total. The first kappa shape index (κ1) is 24.6. The van der Waals surface area contributed by atoms with Gasteiger partial charge in [0.2, 0.25) is 11.9 Å². The lowest BCUT2D eigenvalue weighted by molar-refractivity contribution is -0.120. The maximum atomic E-state index is 14.7. The van der Waals surface area contributed by atoms with E-state index in [1.165, 1.54) is 30.7 Å². The largest absolute Gasteiger partial charge is 0.492 e. The molecule has 184 valence electrons. The van der Waals surface area contributed by atoms with E-state index in [4.69, 9.17) is 4.74 Å². The number of pyridine rings is 1. The van der Waals surface area contributed by atoms with Crippen molar-refractivity contribution in [2.24, 2.45) is 0 Å². The fourth-order valence-corrected chi connectivity index (χ4v) is 3.72. The molecule has 1 N–H and O–H groups in total. The molecule has 1 aliphatic rings. The number of nitrogens with zero attached hydrogens (tertiary/aromatic N) is 5. The second-order valence-electron chi connectivity index (χ2n) is 8.49. The molecule has 4 rings (SSSR count). The number of amides is 1. The van der Waals surface area contributed by atoms with E-state index in [-0.39, 0.29) is 30.3 Å². The molecular formula is C25H28F2N6O2. The number of likely N-dealkylation sites (N-methyl/N-ethyl adjacent to an activating group) is 1. The third kappa shape index (κ3) is 7.24. The smallest absolute Gasteiger partial charge is 0.224 e. The van der Waals surface area contributed by atoms with Gasteiger partial charge in [0.05, 0.1) is 12.0 Å². The fourth-order valence-electron chi connectivity index (χ4n) is 3.72. The molecule has 0 atom stereocenters. The highest BCUT2D eigenvalue weighted by Gasteiger charge is 2.14. The van der Waals surface area contributed by atoms with Gasteiger partial charge in [-0.25, -0.2) is 19.3 Å². The Balaban J connectivity index is 1.26. The van der Waals surface area contributed by atoms with E-state index in [0.717, 1.165) is 32.7 Å². The molecule has 0 saturated carbocycles. The van der Waals surface area contributed by atoms with Gasteiger partial charge in [0, 0.05) is 63.9 Å². The molecule has 1 fully saturated rings. The van der Waals surface area contributed by atoms with Crippen LogP contribution in [-0.2, 0) is 17.8 Å². The topological polar surface area (TPSA) is 83.5 Å². The van der Waals surface area contributed by atoms with Crippen LogP contribution in [0.1, 0.15) is 11.1 Å². The molecule has 35 heavy (non-hydrogen) atoms. The molecule has 0 aliphatic carbocycles. The Bertz CT molecular complexity index is 1140. The van der Waals surface area contributed by atoms with E-state index in [1.54, 1.807) is 18.2 Å². The molecule has 0 spiro atoms. The number of piperazine rings is 1. The van der Waals surface area contributed by atoms with E-state index < -0.39 is 11.8 Å². The summed E-state index contributed by atoms with van der Waals surface area (Å²) in [7, 11) is 2.11. The van der Waals surface area contributed by atoms with Crippen LogP contribution in [0.5, 0.6) is 5.75 Å². The number of nitrogens with one attached hydrogen (secondary N) is 1. The van der Waals surface area contributed by atoms with Crippen LogP contribution in [0.25, 0.3) is 11.4 Å². The number of aromatic nitrogens is 3. The molecule has 1 amide bonds. The molecule has 0 radical (unpaired) electrons. The monoisotopic (exact) mass is 482 g/mol. The molecule has 2 aromatic heterocycles. The molecular weight excluding hydrogens is 454 g/mol. The third-order valence-corrected chi connectivity index (χ3v) is 5.80. The predicted octanol–water partition coefficient (Wildman–Crippen LogP) is 2.30. The number of hydrogen-bond acceptors (Lipinski definition) is 7. The van der Waals surface area contributed by atoms with E-state index in [0.29, 0.717) is 23.5 Å². The van der Waals surface area contributed by atoms with Crippen LogP contribution in [0.15, 0.2) is 48.9 Å². The summed E-state index contributed by atoms with van der Waals surface area (Å²) in [4.78, 5) is 28.7. The van der Waals surface area contributed by atoms with Gasteiger partial charge < -0.3 is 15.0 Å². The maximum Gasteiger partial charge on any atom is 0.224 e. The highest BCUT2D eigenvalue weighted by atomic mass is 19.1. The van der Waals surface area contributed by atoms with Crippen LogP contribution in [-0.4, -0.2) is 77.0 Å². The van der Waals surface area contributed by atoms with Crippen LogP contribution < -0.4 is 10.1 Å². The van der Waals surface area contributed by atoms with E-state index in [2.05, 4.69) is 37.1 Å². The number of rotatable bonds is 9. The summed E-state index contributed by atoms with van der Waals surface area (Å²) in [6.07, 6.45) is 4.38. The Morgan fingerprint density at radius 1 is 1.03 bits per heavy atom. The van der Waals surface area contributed by atoms with Gasteiger partial charge in [-0.2, -0.15) is 4.39 Å². The summed E-state index contributed by atoms with van der Waals surface area (Å²) in [6.45, 7) is 5.58. The number of benzene rings is 1. The summed E-state index contributed by atoms with van der Waals surface area (Å²) in [5.74, 6) is -0.649. The summed E-state index contributed by atoms with van der Waals surface area (Å²) in [5, 5.41) is 2.71. The van der Waals surface area contributed by atoms with Crippen LogP contribution in [0.4, 0.5) is 8.78 Å². The van der Waals surface area contributed by atoms with Gasteiger partial charge in [-0.05, 0) is 42.4 Å². The van der Waals surface area contributed by atoms with Gasteiger partial charge in [0.25, 0.3) is 0 Å². The van der Waals surface area contributed by atoms with Crippen molar-refractivity contribution in [2.75, 3.05) is 46.4 Å². The van der Waals surface area contributed by atoms with Gasteiger partial charge in [-0.3, -0.25) is 9.69 Å². The van der Waals surface area contributed by atoms with Gasteiger partial charge >= 0.3 is 0 Å². The lowest BCUT2D eigenvalue weighted by atomic mass is 10.1. The van der Waals surface area contributed by atoms with Crippen molar-refractivity contribution in [1.29, 1.82) is 0 Å². The van der Waals surface area contributed by atoms with Crippen molar-refractivity contribution in [3.63, 3.8) is 0 Å². The Morgan fingerprint density at radius 3 is 2.51 bits per heavy atom. The summed E-state index contributed by atoms with van der Waals surface area (Å²) in [6, 6.07) is 7.52.